The lowest BCUT2D eigenvalue weighted by Crippen LogP contribution is -2.43. The van der Waals surface area contributed by atoms with E-state index < -0.39 is 28.6 Å². The number of fused-ring (bicyclic) bond motifs is 1. The van der Waals surface area contributed by atoms with Gasteiger partial charge in [-0.2, -0.15) is 0 Å². The zero-order valence-electron chi connectivity index (χ0n) is 15.1. The van der Waals surface area contributed by atoms with Crippen molar-refractivity contribution < 1.29 is 19.6 Å². The fourth-order valence-electron chi connectivity index (χ4n) is 3.35. The Balaban J connectivity index is 1.96. The van der Waals surface area contributed by atoms with E-state index in [2.05, 4.69) is 0 Å². The third-order valence-electron chi connectivity index (χ3n) is 4.58. The van der Waals surface area contributed by atoms with Crippen molar-refractivity contribution in [3.63, 3.8) is 0 Å². The highest BCUT2D eigenvalue weighted by molar-refractivity contribution is 6.10. The van der Waals surface area contributed by atoms with E-state index in [0.717, 1.165) is 6.07 Å². The molecule has 7 nitrogen and oxygen atoms in total. The van der Waals surface area contributed by atoms with Crippen LogP contribution in [-0.2, 0) is 10.4 Å². The number of Topliss-reactive ketones (excluding diaryl/α,β-unsaturated/α-hetero) is 1. The Morgan fingerprint density at radius 3 is 2.59 bits per heavy atom. The van der Waals surface area contributed by atoms with Gasteiger partial charge >= 0.3 is 0 Å². The maximum atomic E-state index is 13.0. The number of rotatable bonds is 6. The normalized spacial score (nSPS) is 18.7. The third kappa shape index (κ3) is 3.33. The average molecular weight is 368 g/mol. The SMILES string of the molecule is CC(C)CN1C(=O)C(O)(CC(=O)c2cccc([N+](=O)[O-])c2)c2ccccc21. The lowest BCUT2D eigenvalue weighted by atomic mass is 9.88. The van der Waals surface area contributed by atoms with Gasteiger partial charge in [-0.1, -0.05) is 44.2 Å². The topological polar surface area (TPSA) is 101 Å². The van der Waals surface area contributed by atoms with Gasteiger partial charge in [0, 0.05) is 29.8 Å². The van der Waals surface area contributed by atoms with Gasteiger partial charge in [-0.25, -0.2) is 0 Å². The molecule has 1 unspecified atom stereocenters. The van der Waals surface area contributed by atoms with Crippen LogP contribution in [0.25, 0.3) is 0 Å². The summed E-state index contributed by atoms with van der Waals surface area (Å²) in [6.07, 6.45) is -0.474. The van der Waals surface area contributed by atoms with Crippen molar-refractivity contribution in [3.8, 4) is 0 Å². The number of carbonyl (C=O) groups excluding carboxylic acids is 2. The maximum absolute atomic E-state index is 13.0. The number of nitro groups is 1. The van der Waals surface area contributed by atoms with Gasteiger partial charge in [-0.3, -0.25) is 19.7 Å². The van der Waals surface area contributed by atoms with Gasteiger partial charge in [0.1, 0.15) is 0 Å². The van der Waals surface area contributed by atoms with E-state index in [0.29, 0.717) is 17.8 Å². The number of amides is 1. The first kappa shape index (κ1) is 18.7. The summed E-state index contributed by atoms with van der Waals surface area (Å²) >= 11 is 0. The number of nitrogens with zero attached hydrogens (tertiary/aromatic N) is 2. The molecule has 3 rings (SSSR count). The number of anilines is 1. The van der Waals surface area contributed by atoms with Crippen molar-refractivity contribution in [2.45, 2.75) is 25.9 Å². The molecule has 1 amide bonds. The van der Waals surface area contributed by atoms with E-state index in [-0.39, 0.29) is 17.2 Å². The highest BCUT2D eigenvalue weighted by Crippen LogP contribution is 2.43. The van der Waals surface area contributed by atoms with Crippen LogP contribution in [0.1, 0.15) is 36.2 Å². The Kier molecular flexibility index (Phi) is 4.80. The Hall–Kier alpha value is -3.06. The molecule has 2 aromatic rings. The summed E-state index contributed by atoms with van der Waals surface area (Å²) in [7, 11) is 0. The molecule has 1 aliphatic heterocycles. The minimum atomic E-state index is -1.98. The largest absolute Gasteiger partial charge is 0.375 e. The molecule has 1 aliphatic rings. The van der Waals surface area contributed by atoms with Crippen LogP contribution in [0.2, 0.25) is 0 Å². The third-order valence-corrected chi connectivity index (χ3v) is 4.58. The van der Waals surface area contributed by atoms with E-state index in [1.807, 2.05) is 13.8 Å². The number of para-hydroxylation sites is 1. The predicted octanol–water partition coefficient (Wildman–Crippen LogP) is 3.06. The van der Waals surface area contributed by atoms with Crippen molar-refractivity contribution in [1.29, 1.82) is 0 Å². The standard InChI is InChI=1S/C20H20N2O5/c1-13(2)12-21-17-9-4-3-8-16(17)20(25,19(21)24)11-18(23)14-6-5-7-15(10-14)22(26)27/h3-10,13,25H,11-12H2,1-2H3. The van der Waals surface area contributed by atoms with Crippen LogP contribution >= 0.6 is 0 Å². The van der Waals surface area contributed by atoms with Crippen LogP contribution < -0.4 is 4.90 Å². The minimum Gasteiger partial charge on any atom is -0.375 e. The molecule has 27 heavy (non-hydrogen) atoms. The molecule has 0 saturated carbocycles. The Morgan fingerprint density at radius 1 is 1.22 bits per heavy atom. The van der Waals surface area contributed by atoms with Crippen molar-refractivity contribution in [2.75, 3.05) is 11.4 Å². The van der Waals surface area contributed by atoms with E-state index in [1.54, 1.807) is 24.3 Å². The first-order valence-electron chi connectivity index (χ1n) is 8.65. The van der Waals surface area contributed by atoms with Crippen LogP contribution in [0.3, 0.4) is 0 Å². The van der Waals surface area contributed by atoms with Gasteiger partial charge in [-0.15, -0.1) is 0 Å². The van der Waals surface area contributed by atoms with Crippen LogP contribution in [-0.4, -0.2) is 28.3 Å². The number of carbonyl (C=O) groups is 2. The number of hydrogen-bond donors (Lipinski definition) is 1. The van der Waals surface area contributed by atoms with Crippen LogP contribution in [0.5, 0.6) is 0 Å². The second kappa shape index (κ2) is 6.92. The van der Waals surface area contributed by atoms with Gasteiger partial charge in [0.25, 0.3) is 11.6 Å². The molecular formula is C20H20N2O5. The minimum absolute atomic E-state index is 0.0882. The fourth-order valence-corrected chi connectivity index (χ4v) is 3.35. The van der Waals surface area contributed by atoms with Crippen LogP contribution in [0, 0.1) is 16.0 Å². The van der Waals surface area contributed by atoms with Gasteiger partial charge < -0.3 is 10.0 Å². The summed E-state index contributed by atoms with van der Waals surface area (Å²) < 4.78 is 0. The predicted molar refractivity (Wildman–Crippen MR) is 99.6 cm³/mol. The smallest absolute Gasteiger partial charge is 0.270 e. The molecule has 140 valence electrons. The van der Waals surface area contributed by atoms with Crippen molar-refractivity contribution in [2.24, 2.45) is 5.92 Å². The number of hydrogen-bond acceptors (Lipinski definition) is 5. The summed E-state index contributed by atoms with van der Waals surface area (Å²) in [5.74, 6) is -0.899. The molecule has 1 heterocycles. The highest BCUT2D eigenvalue weighted by Gasteiger charge is 2.50. The highest BCUT2D eigenvalue weighted by atomic mass is 16.6. The quantitative estimate of drug-likeness (QED) is 0.480. The molecule has 0 saturated heterocycles. The van der Waals surface area contributed by atoms with E-state index in [1.165, 1.54) is 23.1 Å². The first-order chi connectivity index (χ1) is 12.7. The van der Waals surface area contributed by atoms with E-state index in [4.69, 9.17) is 0 Å². The molecule has 7 heteroatoms. The molecule has 1 N–H and O–H groups in total. The molecule has 0 aliphatic carbocycles. The van der Waals surface area contributed by atoms with E-state index in [9.17, 15) is 24.8 Å². The van der Waals surface area contributed by atoms with Crippen molar-refractivity contribution in [3.05, 3.63) is 69.8 Å². The lowest BCUT2D eigenvalue weighted by Gasteiger charge is -2.23. The first-order valence-corrected chi connectivity index (χ1v) is 8.65. The molecule has 0 fully saturated rings. The maximum Gasteiger partial charge on any atom is 0.270 e. The van der Waals surface area contributed by atoms with E-state index >= 15 is 0 Å². The summed E-state index contributed by atoms with van der Waals surface area (Å²) in [5.41, 5.74) is -1.13. The summed E-state index contributed by atoms with van der Waals surface area (Å²) in [6, 6.07) is 12.1. The van der Waals surface area contributed by atoms with Gasteiger partial charge in [0.15, 0.2) is 11.4 Å². The molecule has 0 bridgehead atoms. The number of benzene rings is 2. The molecular weight excluding hydrogens is 348 g/mol. The summed E-state index contributed by atoms with van der Waals surface area (Å²) in [5, 5.41) is 22.1. The number of non-ortho nitro benzene ring substituents is 1. The second-order valence-electron chi connectivity index (χ2n) is 7.09. The van der Waals surface area contributed by atoms with Crippen LogP contribution in [0.4, 0.5) is 11.4 Å². The monoisotopic (exact) mass is 368 g/mol. The molecule has 0 spiro atoms. The van der Waals surface area contributed by atoms with Gasteiger partial charge in [-0.05, 0) is 12.0 Å². The summed E-state index contributed by atoms with van der Waals surface area (Å²) in [6.45, 7) is 4.34. The Morgan fingerprint density at radius 2 is 1.93 bits per heavy atom. The van der Waals surface area contributed by atoms with Crippen molar-refractivity contribution >= 4 is 23.1 Å². The zero-order chi connectivity index (χ0) is 19.8. The summed E-state index contributed by atoms with van der Waals surface area (Å²) in [4.78, 5) is 37.5. The number of ketones is 1. The lowest BCUT2D eigenvalue weighted by molar-refractivity contribution is -0.384. The molecule has 2 aromatic carbocycles. The van der Waals surface area contributed by atoms with Crippen molar-refractivity contribution in [1.82, 2.24) is 0 Å². The average Bonchev–Trinajstić information content (AvgIpc) is 2.84. The Bertz CT molecular complexity index is 924. The van der Waals surface area contributed by atoms with Gasteiger partial charge in [0.05, 0.1) is 17.0 Å². The van der Waals surface area contributed by atoms with Crippen LogP contribution in [0.15, 0.2) is 48.5 Å². The number of nitro benzene ring substituents is 1. The fraction of sp³-hybridized carbons (Fsp3) is 0.300. The van der Waals surface area contributed by atoms with Gasteiger partial charge in [0.2, 0.25) is 0 Å². The second-order valence-corrected chi connectivity index (χ2v) is 7.09. The Labute approximate surface area is 156 Å². The molecule has 0 radical (unpaired) electrons. The molecule has 1 atom stereocenters. The zero-order valence-corrected chi connectivity index (χ0v) is 15.1. The molecule has 0 aromatic heterocycles. The number of aliphatic hydroxyl groups is 1.